The number of rotatable bonds is 13. The molecule has 1 aromatic carbocycles. The maximum absolute atomic E-state index is 15.1. The molecule has 0 saturated carbocycles. The molecule has 0 unspecified atom stereocenters. The van der Waals surface area contributed by atoms with Crippen LogP contribution < -0.4 is 15.5 Å². The number of anilines is 3. The number of allylic oxidation sites excluding steroid dienone is 1. The SMILES string of the molecule is Cc1cnc(Nc2ccc(N3CCC(N(C)CCCCCO)CC3)c(F)c2)nc1/C(C=N)=C/NC(C)C. The summed E-state index contributed by atoms with van der Waals surface area (Å²) in [6.45, 7) is 8.90. The van der Waals surface area contributed by atoms with Crippen LogP contribution in [0.2, 0.25) is 0 Å². The van der Waals surface area contributed by atoms with E-state index in [0.29, 0.717) is 34.6 Å². The van der Waals surface area contributed by atoms with Crippen molar-refractivity contribution in [2.24, 2.45) is 0 Å². The van der Waals surface area contributed by atoms with Gasteiger partial charge in [-0.25, -0.2) is 14.4 Å². The van der Waals surface area contributed by atoms with Gasteiger partial charge in [0.25, 0.3) is 0 Å². The molecule has 202 valence electrons. The first-order valence-corrected chi connectivity index (χ1v) is 13.3. The Balaban J connectivity index is 1.62. The molecule has 0 aliphatic carbocycles. The van der Waals surface area contributed by atoms with Gasteiger partial charge in [0.2, 0.25) is 5.95 Å². The topological polar surface area (TPSA) is 100 Å². The number of hydrogen-bond acceptors (Lipinski definition) is 8. The Morgan fingerprint density at radius 2 is 2.03 bits per heavy atom. The number of nitrogens with one attached hydrogen (secondary N) is 3. The number of aromatic nitrogens is 2. The minimum absolute atomic E-state index is 0.241. The summed E-state index contributed by atoms with van der Waals surface area (Å²) in [5.41, 5.74) is 3.35. The summed E-state index contributed by atoms with van der Waals surface area (Å²) < 4.78 is 15.1. The Morgan fingerprint density at radius 1 is 1.27 bits per heavy atom. The minimum Gasteiger partial charge on any atom is -0.396 e. The molecule has 8 nitrogen and oxygen atoms in total. The third-order valence-corrected chi connectivity index (χ3v) is 6.77. The molecular weight excluding hydrogens is 469 g/mol. The molecule has 9 heteroatoms. The van der Waals surface area contributed by atoms with E-state index in [0.717, 1.165) is 57.3 Å². The highest BCUT2D eigenvalue weighted by Gasteiger charge is 2.24. The van der Waals surface area contributed by atoms with Crippen molar-refractivity contribution in [3.8, 4) is 0 Å². The second-order valence-corrected chi connectivity index (χ2v) is 10.1. The number of halogens is 1. The largest absolute Gasteiger partial charge is 0.396 e. The number of aliphatic hydroxyl groups is 1. The summed E-state index contributed by atoms with van der Waals surface area (Å²) in [7, 11) is 2.17. The molecule has 1 fully saturated rings. The molecule has 1 aromatic heterocycles. The van der Waals surface area contributed by atoms with Crippen LogP contribution >= 0.6 is 0 Å². The zero-order valence-corrected chi connectivity index (χ0v) is 22.6. The van der Waals surface area contributed by atoms with Gasteiger partial charge in [0, 0.05) is 61.7 Å². The molecule has 0 atom stereocenters. The van der Waals surface area contributed by atoms with Crippen LogP contribution in [0, 0.1) is 18.2 Å². The van der Waals surface area contributed by atoms with E-state index in [-0.39, 0.29) is 18.5 Å². The van der Waals surface area contributed by atoms with Crippen LogP contribution in [0.5, 0.6) is 0 Å². The molecule has 0 spiro atoms. The van der Waals surface area contributed by atoms with Gasteiger partial charge in [-0.2, -0.15) is 0 Å². The minimum atomic E-state index is -0.269. The third-order valence-electron chi connectivity index (χ3n) is 6.77. The fraction of sp³-hybridized carbons (Fsp3) is 0.536. The summed E-state index contributed by atoms with van der Waals surface area (Å²) in [4.78, 5) is 13.5. The van der Waals surface area contributed by atoms with Crippen LogP contribution in [-0.4, -0.2) is 71.6 Å². The Bertz CT molecular complexity index is 1050. The lowest BCUT2D eigenvalue weighted by Gasteiger charge is -2.38. The van der Waals surface area contributed by atoms with Gasteiger partial charge in [-0.3, -0.25) is 0 Å². The number of aliphatic hydroxyl groups excluding tert-OH is 1. The molecule has 3 rings (SSSR count). The van der Waals surface area contributed by atoms with E-state index >= 15 is 4.39 Å². The number of unbranched alkanes of at least 4 members (excludes halogenated alkanes) is 2. The van der Waals surface area contributed by atoms with Gasteiger partial charge in [-0.15, -0.1) is 0 Å². The lowest BCUT2D eigenvalue weighted by molar-refractivity contribution is 0.200. The van der Waals surface area contributed by atoms with Gasteiger partial charge in [0.1, 0.15) is 5.82 Å². The maximum atomic E-state index is 15.1. The average molecular weight is 512 g/mol. The van der Waals surface area contributed by atoms with Gasteiger partial charge in [-0.05, 0) is 90.2 Å². The smallest absolute Gasteiger partial charge is 0.227 e. The highest BCUT2D eigenvalue weighted by atomic mass is 19.1. The molecule has 4 N–H and O–H groups in total. The fourth-order valence-electron chi connectivity index (χ4n) is 4.58. The lowest BCUT2D eigenvalue weighted by atomic mass is 10.0. The molecule has 0 bridgehead atoms. The van der Waals surface area contributed by atoms with Crippen molar-refractivity contribution in [3.05, 3.63) is 47.7 Å². The van der Waals surface area contributed by atoms with Gasteiger partial charge in [0.05, 0.1) is 11.4 Å². The van der Waals surface area contributed by atoms with Gasteiger partial charge >= 0.3 is 0 Å². The second kappa shape index (κ2) is 14.0. The number of piperidine rings is 1. The summed E-state index contributed by atoms with van der Waals surface area (Å²) >= 11 is 0. The fourth-order valence-corrected chi connectivity index (χ4v) is 4.58. The number of nitrogens with zero attached hydrogens (tertiary/aromatic N) is 4. The molecule has 2 aromatic rings. The van der Waals surface area contributed by atoms with E-state index < -0.39 is 0 Å². The van der Waals surface area contributed by atoms with Crippen molar-refractivity contribution in [3.63, 3.8) is 0 Å². The van der Waals surface area contributed by atoms with Crippen molar-refractivity contribution in [1.82, 2.24) is 20.2 Å². The molecular formula is C28H42FN7O. The summed E-state index contributed by atoms with van der Waals surface area (Å²) in [5.74, 6) is 0.0854. The Morgan fingerprint density at radius 3 is 2.68 bits per heavy atom. The number of hydrogen-bond donors (Lipinski definition) is 4. The van der Waals surface area contributed by atoms with Gasteiger partial charge in [0.15, 0.2) is 0 Å². The van der Waals surface area contributed by atoms with Crippen LogP contribution in [0.4, 0.5) is 21.7 Å². The van der Waals surface area contributed by atoms with Crippen LogP contribution in [0.1, 0.15) is 57.2 Å². The predicted molar refractivity (Wildman–Crippen MR) is 150 cm³/mol. The van der Waals surface area contributed by atoms with E-state index in [1.54, 1.807) is 12.4 Å². The summed E-state index contributed by atoms with van der Waals surface area (Å²) in [6, 6.07) is 5.92. The molecule has 1 aliphatic rings. The van der Waals surface area contributed by atoms with Crippen molar-refractivity contribution in [2.75, 3.05) is 43.5 Å². The zero-order valence-electron chi connectivity index (χ0n) is 22.6. The second-order valence-electron chi connectivity index (χ2n) is 10.1. The normalized spacial score (nSPS) is 14.9. The number of aryl methyl sites for hydroxylation is 1. The summed E-state index contributed by atoms with van der Waals surface area (Å²) in [5, 5.41) is 23.0. The molecule has 1 saturated heterocycles. The Hall–Kier alpha value is -3.04. The van der Waals surface area contributed by atoms with Crippen LogP contribution in [0.15, 0.2) is 30.6 Å². The van der Waals surface area contributed by atoms with Crippen molar-refractivity contribution >= 4 is 29.1 Å². The van der Waals surface area contributed by atoms with Crippen molar-refractivity contribution < 1.29 is 9.50 Å². The molecule has 0 amide bonds. The van der Waals surface area contributed by atoms with Crippen molar-refractivity contribution in [1.29, 1.82) is 5.41 Å². The monoisotopic (exact) mass is 511 g/mol. The quantitative estimate of drug-likeness (QED) is 0.228. The predicted octanol–water partition coefficient (Wildman–Crippen LogP) is 4.72. The van der Waals surface area contributed by atoms with E-state index in [1.165, 1.54) is 12.3 Å². The summed E-state index contributed by atoms with van der Waals surface area (Å²) in [6.07, 6.45) is 9.78. The van der Waals surface area contributed by atoms with E-state index in [1.807, 2.05) is 32.9 Å². The number of benzene rings is 1. The molecule has 37 heavy (non-hydrogen) atoms. The van der Waals surface area contributed by atoms with Crippen LogP contribution in [0.3, 0.4) is 0 Å². The lowest BCUT2D eigenvalue weighted by Crippen LogP contribution is -2.44. The maximum Gasteiger partial charge on any atom is 0.227 e. The first-order chi connectivity index (χ1) is 17.8. The highest BCUT2D eigenvalue weighted by molar-refractivity contribution is 6.07. The first-order valence-electron chi connectivity index (χ1n) is 13.3. The zero-order chi connectivity index (χ0) is 26.8. The Kier molecular flexibility index (Phi) is 10.8. The van der Waals surface area contributed by atoms with Crippen LogP contribution in [-0.2, 0) is 0 Å². The van der Waals surface area contributed by atoms with Gasteiger partial charge < -0.3 is 30.9 Å². The Labute approximate surface area is 220 Å². The van der Waals surface area contributed by atoms with E-state index in [2.05, 4.69) is 37.4 Å². The van der Waals surface area contributed by atoms with E-state index in [9.17, 15) is 0 Å². The molecule has 1 aliphatic heterocycles. The molecule has 0 radical (unpaired) electrons. The standard InChI is InChI=1S/C28H42FN7O/c1-20(2)31-19-22(17-30)27-21(3)18-32-28(34-27)33-23-8-9-26(25(29)16-23)36-13-10-24(11-14-36)35(4)12-6-5-7-15-37/h8-9,16-20,24,30-31,37H,5-7,10-15H2,1-4H3,(H,32,33,34)/b22-19+,30-17?. The van der Waals surface area contributed by atoms with Crippen LogP contribution in [0.25, 0.3) is 5.57 Å². The molecule has 2 heterocycles. The third kappa shape index (κ3) is 8.23. The van der Waals surface area contributed by atoms with Crippen molar-refractivity contribution in [2.45, 2.75) is 65.0 Å². The average Bonchev–Trinajstić information content (AvgIpc) is 2.88. The highest BCUT2D eigenvalue weighted by Crippen LogP contribution is 2.28. The van der Waals surface area contributed by atoms with Gasteiger partial charge in [-0.1, -0.05) is 0 Å². The first kappa shape index (κ1) is 28.5. The van der Waals surface area contributed by atoms with E-state index in [4.69, 9.17) is 10.5 Å².